The number of aryl methyl sites for hydroxylation is 2. The second-order valence-corrected chi connectivity index (χ2v) is 14.4. The SMILES string of the molecule is CCCCCCCCCCCCCC[n+]1ccc(OCCCCCCOc2cc[n+](CCCCCCCCCCCCCC)cc2)cc1.[Br-].[Br-]. The Balaban J connectivity index is 0.0000120. The molecule has 2 aromatic heterocycles. The summed E-state index contributed by atoms with van der Waals surface area (Å²) in [6, 6.07) is 8.49. The predicted octanol–water partition coefficient (Wildman–Crippen LogP) is 6.69. The van der Waals surface area contributed by atoms with Crippen LogP contribution in [0.1, 0.15) is 194 Å². The summed E-state index contributed by atoms with van der Waals surface area (Å²) in [5, 5.41) is 0. The van der Waals surface area contributed by atoms with Crippen molar-refractivity contribution in [1.82, 2.24) is 0 Å². The minimum Gasteiger partial charge on any atom is -1.00 e. The van der Waals surface area contributed by atoms with E-state index in [0.29, 0.717) is 0 Å². The Hall–Kier alpha value is -1.14. The molecule has 0 bridgehead atoms. The normalized spacial score (nSPS) is 10.8. The standard InChI is InChI=1S/C44H78N2O2.2BrH/c1-3-5-7-9-11-13-15-17-19-21-23-27-35-45-37-31-43(32-38-45)47-41-29-25-26-30-42-48-44-33-39-46(40-34-44)36-28-24-22-20-18-16-14-12-10-8-6-4-2;;/h31-34,37-40H,3-30,35-36,41-42H2,1-2H3;2*1H/q+2;;/p-2. The third-order valence-electron chi connectivity index (χ3n) is 9.84. The topological polar surface area (TPSA) is 26.2 Å². The van der Waals surface area contributed by atoms with Gasteiger partial charge in [0.2, 0.25) is 0 Å². The van der Waals surface area contributed by atoms with Crippen molar-refractivity contribution in [2.24, 2.45) is 0 Å². The fourth-order valence-corrected chi connectivity index (χ4v) is 6.59. The number of rotatable bonds is 35. The number of hydrogen-bond donors (Lipinski definition) is 0. The van der Waals surface area contributed by atoms with Crippen molar-refractivity contribution in [3.8, 4) is 11.5 Å². The Morgan fingerprint density at radius 3 is 0.860 bits per heavy atom. The van der Waals surface area contributed by atoms with Crippen molar-refractivity contribution in [1.29, 1.82) is 0 Å². The van der Waals surface area contributed by atoms with E-state index in [4.69, 9.17) is 9.47 Å². The first kappa shape index (κ1) is 48.9. The maximum absolute atomic E-state index is 5.99. The molecule has 6 heteroatoms. The third-order valence-corrected chi connectivity index (χ3v) is 9.84. The molecule has 0 fully saturated rings. The molecule has 0 saturated heterocycles. The van der Waals surface area contributed by atoms with Crippen molar-refractivity contribution >= 4 is 0 Å². The van der Waals surface area contributed by atoms with Gasteiger partial charge in [-0.05, 0) is 38.5 Å². The van der Waals surface area contributed by atoms with Crippen LogP contribution in [0.3, 0.4) is 0 Å². The molecule has 0 aliphatic rings. The number of nitrogens with zero attached hydrogens (tertiary/aromatic N) is 2. The fraction of sp³-hybridized carbons (Fsp3) is 0.773. The highest BCUT2D eigenvalue weighted by Crippen LogP contribution is 2.14. The van der Waals surface area contributed by atoms with Crippen molar-refractivity contribution in [3.63, 3.8) is 0 Å². The molecule has 0 spiro atoms. The second kappa shape index (κ2) is 37.6. The van der Waals surface area contributed by atoms with Crippen molar-refractivity contribution < 1.29 is 52.6 Å². The molecule has 2 aromatic rings. The van der Waals surface area contributed by atoms with Crippen molar-refractivity contribution in [3.05, 3.63) is 49.1 Å². The van der Waals surface area contributed by atoms with E-state index in [1.165, 1.54) is 167 Å². The molecular weight excluding hydrogens is 748 g/mol. The van der Waals surface area contributed by atoms with Gasteiger partial charge in [0.1, 0.15) is 24.6 Å². The maximum atomic E-state index is 5.99. The number of ether oxygens (including phenoxy) is 2. The molecule has 0 aliphatic heterocycles. The van der Waals surface area contributed by atoms with Crippen LogP contribution in [0.15, 0.2) is 49.1 Å². The highest BCUT2D eigenvalue weighted by molar-refractivity contribution is 5.15. The minimum atomic E-state index is 0. The monoisotopic (exact) mass is 824 g/mol. The molecule has 2 rings (SSSR count). The zero-order valence-electron chi connectivity index (χ0n) is 32.7. The van der Waals surface area contributed by atoms with Gasteiger partial charge in [-0.25, -0.2) is 9.13 Å². The zero-order chi connectivity index (χ0) is 34.0. The number of aromatic nitrogens is 2. The van der Waals surface area contributed by atoms with Crippen LogP contribution in [0.5, 0.6) is 11.5 Å². The highest BCUT2D eigenvalue weighted by atomic mass is 79.9. The molecule has 4 nitrogen and oxygen atoms in total. The second-order valence-electron chi connectivity index (χ2n) is 14.4. The molecule has 0 saturated carbocycles. The summed E-state index contributed by atoms with van der Waals surface area (Å²) in [6.07, 6.45) is 46.9. The third kappa shape index (κ3) is 29.4. The summed E-state index contributed by atoms with van der Waals surface area (Å²) in [6.45, 7) is 8.40. The summed E-state index contributed by atoms with van der Waals surface area (Å²) in [5.74, 6) is 1.98. The fourth-order valence-electron chi connectivity index (χ4n) is 6.59. The molecule has 50 heavy (non-hydrogen) atoms. The molecule has 290 valence electrons. The average Bonchev–Trinajstić information content (AvgIpc) is 3.11. The summed E-state index contributed by atoms with van der Waals surface area (Å²) < 4.78 is 16.6. The summed E-state index contributed by atoms with van der Waals surface area (Å²) >= 11 is 0. The number of unbranched alkanes of at least 4 members (excludes halogenated alkanes) is 25. The predicted molar refractivity (Wildman–Crippen MR) is 205 cm³/mol. The lowest BCUT2D eigenvalue weighted by molar-refractivity contribution is -0.697. The lowest BCUT2D eigenvalue weighted by Gasteiger charge is -2.07. The van der Waals surface area contributed by atoms with E-state index in [1.54, 1.807) is 0 Å². The Bertz CT molecular complexity index is 865. The van der Waals surface area contributed by atoms with Gasteiger partial charge < -0.3 is 43.4 Å². The lowest BCUT2D eigenvalue weighted by Crippen LogP contribution is -3.00. The summed E-state index contributed by atoms with van der Waals surface area (Å²) in [7, 11) is 0. The lowest BCUT2D eigenvalue weighted by atomic mass is 10.1. The Morgan fingerprint density at radius 1 is 0.340 bits per heavy atom. The van der Waals surface area contributed by atoms with Crippen LogP contribution in [0.4, 0.5) is 0 Å². The molecule has 0 aromatic carbocycles. The number of halogens is 2. The molecule has 0 radical (unpaired) electrons. The maximum Gasteiger partial charge on any atom is 0.172 e. The van der Waals surface area contributed by atoms with Gasteiger partial charge in [0, 0.05) is 37.1 Å². The van der Waals surface area contributed by atoms with E-state index in [0.717, 1.165) is 50.6 Å². The first-order valence-corrected chi connectivity index (χ1v) is 21.1. The van der Waals surface area contributed by atoms with Gasteiger partial charge in [0.05, 0.1) is 13.2 Å². The average molecular weight is 827 g/mol. The van der Waals surface area contributed by atoms with Crippen LogP contribution in [-0.4, -0.2) is 13.2 Å². The molecule has 0 atom stereocenters. The van der Waals surface area contributed by atoms with Crippen molar-refractivity contribution in [2.45, 2.75) is 207 Å². The molecule has 0 unspecified atom stereocenters. The molecule has 0 aliphatic carbocycles. The van der Waals surface area contributed by atoms with E-state index >= 15 is 0 Å². The summed E-state index contributed by atoms with van der Waals surface area (Å²) in [5.41, 5.74) is 0. The molecule has 0 amide bonds. The summed E-state index contributed by atoms with van der Waals surface area (Å²) in [4.78, 5) is 0. The highest BCUT2D eigenvalue weighted by Gasteiger charge is 2.04. The molecule has 0 N–H and O–H groups in total. The van der Waals surface area contributed by atoms with Crippen LogP contribution in [0, 0.1) is 0 Å². The Kier molecular flexibility index (Phi) is 36.8. The van der Waals surface area contributed by atoms with Gasteiger partial charge in [-0.15, -0.1) is 0 Å². The minimum absolute atomic E-state index is 0. The first-order valence-electron chi connectivity index (χ1n) is 21.1. The first-order chi connectivity index (χ1) is 23.8. The zero-order valence-corrected chi connectivity index (χ0v) is 35.9. The van der Waals surface area contributed by atoms with Gasteiger partial charge in [-0.2, -0.15) is 0 Å². The number of hydrogen-bond acceptors (Lipinski definition) is 2. The van der Waals surface area contributed by atoms with E-state index in [1.807, 2.05) is 0 Å². The van der Waals surface area contributed by atoms with E-state index in [2.05, 4.69) is 72.0 Å². The number of pyridine rings is 2. The van der Waals surface area contributed by atoms with Crippen LogP contribution in [-0.2, 0) is 13.1 Å². The van der Waals surface area contributed by atoms with Gasteiger partial charge >= 0.3 is 0 Å². The van der Waals surface area contributed by atoms with Gasteiger partial charge in [-0.3, -0.25) is 0 Å². The molecule has 2 heterocycles. The Morgan fingerprint density at radius 2 is 0.580 bits per heavy atom. The van der Waals surface area contributed by atoms with Crippen molar-refractivity contribution in [2.75, 3.05) is 13.2 Å². The van der Waals surface area contributed by atoms with Crippen LogP contribution in [0.2, 0.25) is 0 Å². The van der Waals surface area contributed by atoms with Gasteiger partial charge in [-0.1, -0.05) is 142 Å². The van der Waals surface area contributed by atoms with E-state index in [-0.39, 0.29) is 34.0 Å². The molecular formula is C44H78Br2N2O2. The van der Waals surface area contributed by atoms with Crippen LogP contribution in [0.25, 0.3) is 0 Å². The largest absolute Gasteiger partial charge is 1.00 e. The van der Waals surface area contributed by atoms with Gasteiger partial charge in [0.15, 0.2) is 24.8 Å². The van der Waals surface area contributed by atoms with Gasteiger partial charge in [0.25, 0.3) is 0 Å². The van der Waals surface area contributed by atoms with Crippen LogP contribution < -0.4 is 52.6 Å². The smallest absolute Gasteiger partial charge is 0.172 e. The quantitative estimate of drug-likeness (QED) is 0.0573. The Labute approximate surface area is 331 Å². The van der Waals surface area contributed by atoms with E-state index in [9.17, 15) is 0 Å². The van der Waals surface area contributed by atoms with Crippen LogP contribution >= 0.6 is 0 Å². The van der Waals surface area contributed by atoms with E-state index < -0.39 is 0 Å².